The number of anilines is 1. The van der Waals surface area contributed by atoms with E-state index >= 15 is 0 Å². The normalized spacial score (nSPS) is 19.9. The second-order valence-electron chi connectivity index (χ2n) is 3.63. The first kappa shape index (κ1) is 9.83. The van der Waals surface area contributed by atoms with Gasteiger partial charge in [-0.15, -0.1) is 4.91 Å². The number of Topliss-reactive ketones (excluding diaryl/α,β-unsaturated/α-hetero) is 1. The molecule has 1 heterocycles. The number of hydrogen-bond donors (Lipinski definition) is 0. The Morgan fingerprint density at radius 1 is 1.47 bits per heavy atom. The number of fused-ring (bicyclic) bond motifs is 1. The maximum Gasteiger partial charge on any atom is 0.167 e. The minimum absolute atomic E-state index is 0.0927. The van der Waals surface area contributed by atoms with E-state index in [-0.39, 0.29) is 11.8 Å². The summed E-state index contributed by atoms with van der Waals surface area (Å²) in [6.07, 6.45) is 1.12. The van der Waals surface area contributed by atoms with E-state index in [1.165, 1.54) is 5.01 Å². The van der Waals surface area contributed by atoms with Crippen LogP contribution in [0.25, 0.3) is 0 Å². The summed E-state index contributed by atoms with van der Waals surface area (Å²) in [4.78, 5) is 22.5. The molecule has 0 radical (unpaired) electrons. The van der Waals surface area contributed by atoms with Crippen LogP contribution in [0.5, 0.6) is 0 Å². The Hall–Kier alpha value is -1.71. The Morgan fingerprint density at radius 3 is 2.87 bits per heavy atom. The van der Waals surface area contributed by atoms with Crippen LogP contribution in [0.4, 0.5) is 5.69 Å². The summed E-state index contributed by atoms with van der Waals surface area (Å²) >= 11 is 0. The number of benzene rings is 1. The molecule has 0 spiro atoms. The average molecular weight is 204 g/mol. The van der Waals surface area contributed by atoms with E-state index in [4.69, 9.17) is 0 Å². The molecule has 4 heteroatoms. The van der Waals surface area contributed by atoms with Crippen molar-refractivity contribution in [2.45, 2.75) is 25.8 Å². The van der Waals surface area contributed by atoms with Crippen molar-refractivity contribution in [2.75, 3.05) is 5.01 Å². The third kappa shape index (κ3) is 1.52. The van der Waals surface area contributed by atoms with E-state index in [0.29, 0.717) is 17.7 Å². The molecule has 1 aromatic rings. The van der Waals surface area contributed by atoms with Crippen molar-refractivity contribution in [1.29, 1.82) is 0 Å². The van der Waals surface area contributed by atoms with Crippen molar-refractivity contribution < 1.29 is 4.79 Å². The molecule has 78 valence electrons. The van der Waals surface area contributed by atoms with Gasteiger partial charge in [-0.3, -0.25) is 4.79 Å². The van der Waals surface area contributed by atoms with Crippen LogP contribution in [0.15, 0.2) is 29.6 Å². The number of nitroso groups, excluding NO2 is 1. The van der Waals surface area contributed by atoms with E-state index in [1.54, 1.807) is 18.2 Å². The predicted molar refractivity (Wildman–Crippen MR) is 57.7 cm³/mol. The van der Waals surface area contributed by atoms with Gasteiger partial charge in [-0.2, -0.15) is 0 Å². The predicted octanol–water partition coefficient (Wildman–Crippen LogP) is 2.54. The number of ketones is 1. The van der Waals surface area contributed by atoms with Crippen molar-refractivity contribution in [3.63, 3.8) is 0 Å². The van der Waals surface area contributed by atoms with E-state index in [9.17, 15) is 9.70 Å². The molecule has 2 rings (SSSR count). The monoisotopic (exact) mass is 204 g/mol. The van der Waals surface area contributed by atoms with Crippen LogP contribution < -0.4 is 5.01 Å². The smallest absolute Gasteiger partial charge is 0.167 e. The van der Waals surface area contributed by atoms with Crippen LogP contribution in [0.1, 0.15) is 30.1 Å². The summed E-state index contributed by atoms with van der Waals surface area (Å²) < 4.78 is 0. The number of hydrogen-bond acceptors (Lipinski definition) is 3. The van der Waals surface area contributed by atoms with Crippen LogP contribution >= 0.6 is 0 Å². The Kier molecular flexibility index (Phi) is 2.49. The second-order valence-corrected chi connectivity index (χ2v) is 3.63. The van der Waals surface area contributed by atoms with Crippen LogP contribution in [-0.4, -0.2) is 11.8 Å². The summed E-state index contributed by atoms with van der Waals surface area (Å²) in [5.41, 5.74) is 1.23. The number of para-hydroxylation sites is 1. The highest BCUT2D eigenvalue weighted by atomic mass is 16.3. The number of rotatable bonds is 2. The summed E-state index contributed by atoms with van der Waals surface area (Å²) in [5.74, 6) is 0.0948. The third-order valence-electron chi connectivity index (χ3n) is 2.78. The molecule has 1 unspecified atom stereocenters. The van der Waals surface area contributed by atoms with Gasteiger partial charge in [0.2, 0.25) is 0 Å². The molecule has 1 aliphatic heterocycles. The molecule has 0 aliphatic carbocycles. The van der Waals surface area contributed by atoms with Gasteiger partial charge in [0.1, 0.15) is 0 Å². The Morgan fingerprint density at radius 2 is 2.20 bits per heavy atom. The van der Waals surface area contributed by atoms with E-state index in [1.807, 2.05) is 13.0 Å². The fourth-order valence-corrected chi connectivity index (χ4v) is 1.94. The Labute approximate surface area is 87.8 Å². The highest BCUT2D eigenvalue weighted by molar-refractivity contribution is 6.03. The highest BCUT2D eigenvalue weighted by Crippen LogP contribution is 2.31. The molecule has 1 aromatic carbocycles. The number of carbonyl (C=O) groups is 1. The molecule has 1 atom stereocenters. The average Bonchev–Trinajstić information content (AvgIpc) is 2.29. The molecule has 0 amide bonds. The van der Waals surface area contributed by atoms with E-state index < -0.39 is 0 Å². The standard InChI is InChI=1S/C11H12N2O2/c1-2-8-7-11(14)9-5-3-4-6-10(9)13(8)12-15/h3-6,8H,2,7H2,1H3. The van der Waals surface area contributed by atoms with Crippen LogP contribution in [0.2, 0.25) is 0 Å². The molecule has 1 aliphatic rings. The van der Waals surface area contributed by atoms with Gasteiger partial charge in [-0.05, 0) is 18.6 Å². The zero-order valence-corrected chi connectivity index (χ0v) is 8.51. The zero-order valence-electron chi connectivity index (χ0n) is 8.51. The first-order valence-corrected chi connectivity index (χ1v) is 5.02. The van der Waals surface area contributed by atoms with Crippen molar-refractivity contribution in [1.82, 2.24) is 0 Å². The summed E-state index contributed by atoms with van der Waals surface area (Å²) in [6, 6.07) is 7.01. The Balaban J connectivity index is 2.50. The lowest BCUT2D eigenvalue weighted by Gasteiger charge is -2.30. The number of carbonyl (C=O) groups excluding carboxylic acids is 1. The fourth-order valence-electron chi connectivity index (χ4n) is 1.94. The molecule has 0 saturated carbocycles. The van der Waals surface area contributed by atoms with Crippen molar-refractivity contribution in [2.24, 2.45) is 5.29 Å². The zero-order chi connectivity index (χ0) is 10.8. The largest absolute Gasteiger partial charge is 0.294 e. The van der Waals surface area contributed by atoms with Crippen LogP contribution in [-0.2, 0) is 0 Å². The molecule has 15 heavy (non-hydrogen) atoms. The molecule has 4 nitrogen and oxygen atoms in total. The van der Waals surface area contributed by atoms with Gasteiger partial charge in [-0.25, -0.2) is 5.01 Å². The topological polar surface area (TPSA) is 49.7 Å². The molecular formula is C11H12N2O2. The van der Waals surface area contributed by atoms with Crippen molar-refractivity contribution in [3.05, 3.63) is 34.7 Å². The highest BCUT2D eigenvalue weighted by Gasteiger charge is 2.30. The fraction of sp³-hybridized carbons (Fsp3) is 0.364. The molecule has 0 fully saturated rings. The molecule has 0 bridgehead atoms. The summed E-state index contributed by atoms with van der Waals surface area (Å²) in [7, 11) is 0. The van der Waals surface area contributed by atoms with Gasteiger partial charge in [0, 0.05) is 12.0 Å². The van der Waals surface area contributed by atoms with Crippen molar-refractivity contribution >= 4 is 11.5 Å². The lowest BCUT2D eigenvalue weighted by molar-refractivity contribution is 0.0965. The van der Waals surface area contributed by atoms with Gasteiger partial charge >= 0.3 is 0 Å². The van der Waals surface area contributed by atoms with Gasteiger partial charge in [0.15, 0.2) is 5.78 Å². The van der Waals surface area contributed by atoms with Gasteiger partial charge in [0.05, 0.1) is 17.0 Å². The number of nitrogens with zero attached hydrogens (tertiary/aromatic N) is 2. The van der Waals surface area contributed by atoms with Gasteiger partial charge in [0.25, 0.3) is 0 Å². The van der Waals surface area contributed by atoms with Gasteiger partial charge < -0.3 is 0 Å². The minimum atomic E-state index is -0.0927. The van der Waals surface area contributed by atoms with Crippen LogP contribution in [0, 0.1) is 4.91 Å². The molecule has 0 aromatic heterocycles. The van der Waals surface area contributed by atoms with E-state index in [2.05, 4.69) is 5.29 Å². The maximum atomic E-state index is 11.7. The first-order chi connectivity index (χ1) is 7.27. The summed E-state index contributed by atoms with van der Waals surface area (Å²) in [6.45, 7) is 1.95. The SMILES string of the molecule is CCC1CC(=O)c2ccccc2N1N=O. The first-order valence-electron chi connectivity index (χ1n) is 5.02. The molecule has 0 N–H and O–H groups in total. The lowest BCUT2D eigenvalue weighted by atomic mass is 9.95. The molecule has 0 saturated heterocycles. The Bertz CT molecular complexity index is 403. The van der Waals surface area contributed by atoms with Crippen LogP contribution in [0.3, 0.4) is 0 Å². The quantitative estimate of drug-likeness (QED) is 0.695. The van der Waals surface area contributed by atoms with Crippen molar-refractivity contribution in [3.8, 4) is 0 Å². The summed E-state index contributed by atoms with van der Waals surface area (Å²) in [5, 5.41) is 4.42. The lowest BCUT2D eigenvalue weighted by Crippen LogP contribution is -2.37. The third-order valence-corrected chi connectivity index (χ3v) is 2.78. The van der Waals surface area contributed by atoms with Gasteiger partial charge in [-0.1, -0.05) is 19.1 Å². The second kappa shape index (κ2) is 3.81. The maximum absolute atomic E-state index is 11.7. The van der Waals surface area contributed by atoms with E-state index in [0.717, 1.165) is 6.42 Å². The molecular weight excluding hydrogens is 192 g/mol. The minimum Gasteiger partial charge on any atom is -0.294 e.